The molecule has 0 bridgehead atoms. The molecule has 0 N–H and O–H groups in total. The number of rotatable bonds is 15. The highest BCUT2D eigenvalue weighted by Crippen LogP contribution is 2.63. The van der Waals surface area contributed by atoms with Crippen molar-refractivity contribution in [2.45, 2.75) is 104 Å². The maximum atomic E-state index is 14.6. The van der Waals surface area contributed by atoms with Gasteiger partial charge in [0, 0.05) is 23.8 Å². The second kappa shape index (κ2) is 13.8. The molecule has 0 saturated carbocycles. The van der Waals surface area contributed by atoms with Crippen LogP contribution in [0.15, 0.2) is 30.3 Å². The number of ether oxygens (including phenoxy) is 2. The SMILES string of the molecule is FC(F)(F)C(F)(F)C(F)(F)C(F)(F)C(F)(F)C(F)(F)CCC1(CCC(F)(F)C(F)(F)C(F)(F)C(F)(F)C(F)(F)C(F)(F)F)COC(c2ccccc2)OC1. The molecular weight excluding hydrogens is 838 g/mol. The summed E-state index contributed by atoms with van der Waals surface area (Å²) in [5.41, 5.74) is -3.31. The molecule has 316 valence electrons. The molecule has 0 unspecified atom stereocenters. The first kappa shape index (κ1) is 47.5. The van der Waals surface area contributed by atoms with Crippen molar-refractivity contribution < 1.29 is 124 Å². The molecule has 1 aliphatic heterocycles. The van der Waals surface area contributed by atoms with Crippen molar-refractivity contribution in [3.05, 3.63) is 35.9 Å². The molecule has 0 aromatic heterocycles. The third-order valence-electron chi connectivity index (χ3n) is 8.09. The van der Waals surface area contributed by atoms with Crippen molar-refractivity contribution in [1.29, 1.82) is 0 Å². The fraction of sp³-hybridized carbons (Fsp3) is 0.769. The maximum Gasteiger partial charge on any atom is 0.460 e. The third kappa shape index (κ3) is 7.33. The largest absolute Gasteiger partial charge is 0.460 e. The lowest BCUT2D eigenvalue weighted by Gasteiger charge is -2.44. The fourth-order valence-electron chi connectivity index (χ4n) is 4.57. The Morgan fingerprint density at radius 2 is 0.685 bits per heavy atom. The zero-order valence-corrected chi connectivity index (χ0v) is 25.4. The van der Waals surface area contributed by atoms with Gasteiger partial charge in [-0.05, 0) is 12.8 Å². The van der Waals surface area contributed by atoms with E-state index in [-0.39, 0.29) is 5.56 Å². The highest BCUT2D eigenvalue weighted by Gasteiger charge is 2.92. The average Bonchev–Trinajstić information content (AvgIpc) is 3.02. The molecule has 0 atom stereocenters. The Bertz CT molecular complexity index is 1340. The van der Waals surface area contributed by atoms with Crippen LogP contribution in [0.2, 0.25) is 0 Å². The van der Waals surface area contributed by atoms with Crippen molar-refractivity contribution in [2.24, 2.45) is 5.41 Å². The zero-order chi connectivity index (χ0) is 42.8. The maximum absolute atomic E-state index is 14.6. The van der Waals surface area contributed by atoms with Crippen LogP contribution in [0, 0.1) is 5.41 Å². The van der Waals surface area contributed by atoms with Crippen LogP contribution in [0.1, 0.15) is 37.5 Å². The Morgan fingerprint density at radius 3 is 0.963 bits per heavy atom. The van der Waals surface area contributed by atoms with Gasteiger partial charge in [-0.25, -0.2) is 0 Å². The summed E-state index contributed by atoms with van der Waals surface area (Å²) < 4.78 is 362. The minimum atomic E-state index is -8.38. The number of halogens is 26. The molecule has 1 aromatic rings. The van der Waals surface area contributed by atoms with Gasteiger partial charge in [0.25, 0.3) is 0 Å². The van der Waals surface area contributed by atoms with Gasteiger partial charge in [0.1, 0.15) is 0 Å². The van der Waals surface area contributed by atoms with Crippen LogP contribution in [0.3, 0.4) is 0 Å². The van der Waals surface area contributed by atoms with Gasteiger partial charge in [-0.1, -0.05) is 30.3 Å². The van der Waals surface area contributed by atoms with Gasteiger partial charge in [-0.2, -0.15) is 114 Å². The molecule has 0 radical (unpaired) electrons. The first-order chi connectivity index (χ1) is 23.6. The Kier molecular flexibility index (Phi) is 12.1. The smallest absolute Gasteiger partial charge is 0.348 e. The van der Waals surface area contributed by atoms with Gasteiger partial charge in [0.05, 0.1) is 13.2 Å². The summed E-state index contributed by atoms with van der Waals surface area (Å²) in [4.78, 5) is 0. The molecule has 0 aliphatic carbocycles. The molecule has 1 aromatic carbocycles. The highest BCUT2D eigenvalue weighted by molar-refractivity contribution is 5.17. The molecule has 0 spiro atoms. The van der Waals surface area contributed by atoms with Crippen LogP contribution in [-0.4, -0.2) is 84.8 Å². The van der Waals surface area contributed by atoms with Gasteiger partial charge in [0.15, 0.2) is 6.29 Å². The van der Waals surface area contributed by atoms with E-state index in [4.69, 9.17) is 9.47 Å². The van der Waals surface area contributed by atoms with Crippen molar-refractivity contribution >= 4 is 0 Å². The first-order valence-corrected chi connectivity index (χ1v) is 13.8. The fourth-order valence-corrected chi connectivity index (χ4v) is 4.57. The second-order valence-corrected chi connectivity index (χ2v) is 11.9. The van der Waals surface area contributed by atoms with Crippen LogP contribution in [0.5, 0.6) is 0 Å². The molecular formula is C26H18F26O2. The van der Waals surface area contributed by atoms with Crippen molar-refractivity contribution in [3.63, 3.8) is 0 Å². The molecule has 54 heavy (non-hydrogen) atoms. The summed E-state index contributed by atoms with van der Waals surface area (Å²) in [6.07, 6.45) is -28.4. The van der Waals surface area contributed by atoms with Crippen LogP contribution in [0.4, 0.5) is 114 Å². The Balaban J connectivity index is 2.55. The summed E-state index contributed by atoms with van der Waals surface area (Å²) in [6.45, 7) is -3.26. The minimum absolute atomic E-state index is 0.111. The second-order valence-electron chi connectivity index (χ2n) is 11.9. The van der Waals surface area contributed by atoms with Gasteiger partial charge >= 0.3 is 71.6 Å². The van der Waals surface area contributed by atoms with Gasteiger partial charge < -0.3 is 9.47 Å². The molecule has 1 saturated heterocycles. The van der Waals surface area contributed by atoms with Crippen LogP contribution in [-0.2, 0) is 9.47 Å². The van der Waals surface area contributed by atoms with E-state index in [1.165, 1.54) is 18.2 Å². The van der Waals surface area contributed by atoms with Gasteiger partial charge in [0.2, 0.25) is 0 Å². The van der Waals surface area contributed by atoms with Crippen molar-refractivity contribution in [3.8, 4) is 0 Å². The topological polar surface area (TPSA) is 18.5 Å². The summed E-state index contributed by atoms with van der Waals surface area (Å²) in [5.74, 6) is -79.6. The molecule has 28 heteroatoms. The first-order valence-electron chi connectivity index (χ1n) is 13.8. The minimum Gasteiger partial charge on any atom is -0.348 e. The quantitative estimate of drug-likeness (QED) is 0.164. The summed E-state index contributed by atoms with van der Waals surface area (Å²) in [7, 11) is 0. The number of hydrogen-bond donors (Lipinski definition) is 0. The normalized spacial score (nSPS) is 18.6. The Labute approximate surface area is 282 Å². The van der Waals surface area contributed by atoms with E-state index >= 15 is 0 Å². The predicted octanol–water partition coefficient (Wildman–Crippen LogP) is 11.8. The van der Waals surface area contributed by atoms with Crippen LogP contribution in [0.25, 0.3) is 0 Å². The lowest BCUT2D eigenvalue weighted by atomic mass is 9.76. The monoisotopic (exact) mass is 856 g/mol. The van der Waals surface area contributed by atoms with Crippen LogP contribution >= 0.6 is 0 Å². The van der Waals surface area contributed by atoms with Gasteiger partial charge in [-0.15, -0.1) is 0 Å². The average molecular weight is 856 g/mol. The lowest BCUT2D eigenvalue weighted by Crippen LogP contribution is -2.70. The molecule has 1 heterocycles. The van der Waals surface area contributed by atoms with E-state index in [1.807, 2.05) is 0 Å². The van der Waals surface area contributed by atoms with Crippen molar-refractivity contribution in [1.82, 2.24) is 0 Å². The van der Waals surface area contributed by atoms with E-state index in [9.17, 15) is 114 Å². The van der Waals surface area contributed by atoms with E-state index in [0.29, 0.717) is 0 Å². The summed E-state index contributed by atoms with van der Waals surface area (Å²) >= 11 is 0. The summed E-state index contributed by atoms with van der Waals surface area (Å²) in [6, 6.07) is 5.96. The number of alkyl halides is 26. The molecule has 1 fully saturated rings. The predicted molar refractivity (Wildman–Crippen MR) is 124 cm³/mol. The Hall–Kier alpha value is -2.68. The zero-order valence-electron chi connectivity index (χ0n) is 25.4. The molecule has 2 rings (SSSR count). The van der Waals surface area contributed by atoms with E-state index in [1.54, 1.807) is 0 Å². The molecule has 2 nitrogen and oxygen atoms in total. The van der Waals surface area contributed by atoms with Crippen LogP contribution < -0.4 is 0 Å². The Morgan fingerprint density at radius 1 is 0.407 bits per heavy atom. The standard InChI is InChI=1S/C26H18F26O2/c27-15(28,17(31,32)19(35,36)21(39,40)23(43,44)25(47,48)49)8-6-14(10-53-13(54-11-14)12-4-2-1-3-5-12)7-9-16(29,30)18(33,34)20(37,38)22(41,42)24(45,46)26(50,51)52/h1-5,13H,6-11H2. The summed E-state index contributed by atoms with van der Waals surface area (Å²) in [5, 5.41) is 0. The third-order valence-corrected chi connectivity index (χ3v) is 8.09. The van der Waals surface area contributed by atoms with Crippen molar-refractivity contribution in [2.75, 3.05) is 13.2 Å². The van der Waals surface area contributed by atoms with Gasteiger partial charge in [-0.3, -0.25) is 0 Å². The highest BCUT2D eigenvalue weighted by atomic mass is 19.4. The van der Waals surface area contributed by atoms with E-state index in [2.05, 4.69) is 0 Å². The van der Waals surface area contributed by atoms with E-state index in [0.717, 1.165) is 12.1 Å². The molecule has 0 amide bonds. The molecule has 1 aliphatic rings. The lowest BCUT2D eigenvalue weighted by molar-refractivity contribution is -0.441. The number of hydrogen-bond acceptors (Lipinski definition) is 2. The van der Waals surface area contributed by atoms with E-state index < -0.39 is 122 Å². The number of benzene rings is 1.